The third kappa shape index (κ3) is 7.27. The molecule has 1 rings (SSSR count). The van der Waals surface area contributed by atoms with Crippen LogP contribution in [0.5, 0.6) is 0 Å². The summed E-state index contributed by atoms with van der Waals surface area (Å²) >= 11 is 0. The predicted molar refractivity (Wildman–Crippen MR) is 73.0 cm³/mol. The van der Waals surface area contributed by atoms with Gasteiger partial charge in [0.15, 0.2) is 0 Å². The fraction of sp³-hybridized carbons (Fsp3) is 0.571. The molecule has 4 heteroatoms. The molecule has 0 aromatic heterocycles. The third-order valence-corrected chi connectivity index (χ3v) is 2.43. The molecule has 0 saturated carbocycles. The Hall–Kier alpha value is -1.10. The highest BCUT2D eigenvalue weighted by atomic mass is 16.5. The van der Waals surface area contributed by atoms with Gasteiger partial charge in [-0.15, -0.1) is 0 Å². The Labute approximate surface area is 109 Å². The van der Waals surface area contributed by atoms with Gasteiger partial charge in [-0.2, -0.15) is 0 Å². The van der Waals surface area contributed by atoms with E-state index in [4.69, 9.17) is 14.2 Å². The van der Waals surface area contributed by atoms with E-state index in [9.17, 15) is 0 Å². The van der Waals surface area contributed by atoms with Crippen molar-refractivity contribution < 1.29 is 14.2 Å². The van der Waals surface area contributed by atoms with Crippen LogP contribution >= 0.6 is 0 Å². The van der Waals surface area contributed by atoms with Gasteiger partial charge in [0, 0.05) is 19.3 Å². The summed E-state index contributed by atoms with van der Waals surface area (Å²) < 4.78 is 15.8. The largest absolute Gasteiger partial charge is 0.382 e. The van der Waals surface area contributed by atoms with Crippen LogP contribution < -0.4 is 5.32 Å². The lowest BCUT2D eigenvalue weighted by atomic mass is 10.3. The number of methoxy groups -OCH3 is 1. The molecular weight excluding hydrogens is 230 g/mol. The number of hydrogen-bond donors (Lipinski definition) is 1. The van der Waals surface area contributed by atoms with Crippen LogP contribution in [-0.4, -0.2) is 46.2 Å². The highest BCUT2D eigenvalue weighted by Gasteiger charge is 2.01. The maximum absolute atomic E-state index is 5.62. The normalized spacial score (nSPS) is 12.3. The average molecular weight is 253 g/mol. The van der Waals surface area contributed by atoms with E-state index in [1.807, 2.05) is 37.3 Å². The molecule has 0 aliphatic carbocycles. The molecule has 0 aliphatic heterocycles. The van der Waals surface area contributed by atoms with Gasteiger partial charge < -0.3 is 19.5 Å². The smallest absolute Gasteiger partial charge is 0.0720 e. The molecule has 1 unspecified atom stereocenters. The zero-order valence-corrected chi connectivity index (χ0v) is 11.2. The highest BCUT2D eigenvalue weighted by molar-refractivity contribution is 5.42. The molecule has 0 heterocycles. The van der Waals surface area contributed by atoms with E-state index in [-0.39, 0.29) is 6.10 Å². The molecule has 0 radical (unpaired) electrons. The van der Waals surface area contributed by atoms with Crippen molar-refractivity contribution in [2.24, 2.45) is 0 Å². The van der Waals surface area contributed by atoms with Gasteiger partial charge in [0.1, 0.15) is 0 Å². The topological polar surface area (TPSA) is 39.7 Å². The van der Waals surface area contributed by atoms with Crippen LogP contribution in [0.25, 0.3) is 0 Å². The first kappa shape index (κ1) is 15.0. The first-order valence-electron chi connectivity index (χ1n) is 6.30. The van der Waals surface area contributed by atoms with E-state index in [1.54, 1.807) is 7.11 Å². The summed E-state index contributed by atoms with van der Waals surface area (Å²) in [6.45, 7) is 5.31. The molecular formula is C14H23NO3. The number of anilines is 1. The summed E-state index contributed by atoms with van der Waals surface area (Å²) in [7, 11) is 1.66. The van der Waals surface area contributed by atoms with Gasteiger partial charge in [-0.05, 0) is 19.1 Å². The third-order valence-electron chi connectivity index (χ3n) is 2.43. The molecule has 0 saturated heterocycles. The minimum atomic E-state index is 0.163. The zero-order chi connectivity index (χ0) is 13.1. The van der Waals surface area contributed by atoms with Crippen molar-refractivity contribution in [3.63, 3.8) is 0 Å². The standard InChI is InChI=1S/C14H23NO3/c1-13(18-11-10-17-9-8-16-2)12-15-14-6-4-3-5-7-14/h3-7,13,15H,8-12H2,1-2H3. The molecule has 0 aliphatic rings. The highest BCUT2D eigenvalue weighted by Crippen LogP contribution is 2.05. The molecule has 4 nitrogen and oxygen atoms in total. The SMILES string of the molecule is COCCOCCOC(C)CNc1ccccc1. The first-order chi connectivity index (χ1) is 8.83. The van der Waals surface area contributed by atoms with Crippen molar-refractivity contribution >= 4 is 5.69 Å². The molecule has 102 valence electrons. The quantitative estimate of drug-likeness (QED) is 0.649. The van der Waals surface area contributed by atoms with Crippen molar-refractivity contribution in [3.8, 4) is 0 Å². The Bertz CT molecular complexity index is 292. The van der Waals surface area contributed by atoms with Gasteiger partial charge in [0.05, 0.1) is 32.5 Å². The summed E-state index contributed by atoms with van der Waals surface area (Å²) in [5.74, 6) is 0. The van der Waals surface area contributed by atoms with E-state index in [2.05, 4.69) is 5.32 Å². The number of rotatable bonds is 10. The van der Waals surface area contributed by atoms with Crippen LogP contribution in [0.15, 0.2) is 30.3 Å². The van der Waals surface area contributed by atoms with Crippen molar-refractivity contribution in [2.75, 3.05) is 45.4 Å². The van der Waals surface area contributed by atoms with Crippen LogP contribution in [0, 0.1) is 0 Å². The molecule has 0 bridgehead atoms. The summed E-state index contributed by atoms with van der Waals surface area (Å²) in [6.07, 6.45) is 0.163. The lowest BCUT2D eigenvalue weighted by Gasteiger charge is -2.14. The summed E-state index contributed by atoms with van der Waals surface area (Å²) in [4.78, 5) is 0. The maximum atomic E-state index is 5.62. The summed E-state index contributed by atoms with van der Waals surface area (Å²) in [5, 5.41) is 3.32. The van der Waals surface area contributed by atoms with Crippen molar-refractivity contribution in [2.45, 2.75) is 13.0 Å². The van der Waals surface area contributed by atoms with E-state index >= 15 is 0 Å². The second kappa shape index (κ2) is 9.88. The number of nitrogens with one attached hydrogen (secondary N) is 1. The maximum Gasteiger partial charge on any atom is 0.0720 e. The molecule has 1 aromatic rings. The second-order valence-electron chi connectivity index (χ2n) is 4.03. The fourth-order valence-corrected chi connectivity index (χ4v) is 1.43. The van der Waals surface area contributed by atoms with Crippen molar-refractivity contribution in [1.29, 1.82) is 0 Å². The van der Waals surface area contributed by atoms with Crippen molar-refractivity contribution in [3.05, 3.63) is 30.3 Å². The lowest BCUT2D eigenvalue weighted by Crippen LogP contribution is -2.22. The Balaban J connectivity index is 1.99. The lowest BCUT2D eigenvalue weighted by molar-refractivity contribution is 0.00356. The molecule has 1 atom stereocenters. The molecule has 18 heavy (non-hydrogen) atoms. The van der Waals surface area contributed by atoms with Gasteiger partial charge in [0.25, 0.3) is 0 Å². The van der Waals surface area contributed by atoms with Gasteiger partial charge in [-0.1, -0.05) is 18.2 Å². The Morgan fingerprint density at radius 2 is 1.78 bits per heavy atom. The zero-order valence-electron chi connectivity index (χ0n) is 11.2. The first-order valence-corrected chi connectivity index (χ1v) is 6.30. The van der Waals surface area contributed by atoms with E-state index < -0.39 is 0 Å². The molecule has 0 amide bonds. The second-order valence-corrected chi connectivity index (χ2v) is 4.03. The predicted octanol–water partition coefficient (Wildman–Crippen LogP) is 2.17. The number of benzene rings is 1. The number of hydrogen-bond acceptors (Lipinski definition) is 4. The van der Waals surface area contributed by atoms with E-state index in [0.717, 1.165) is 12.2 Å². The van der Waals surface area contributed by atoms with Gasteiger partial charge in [-0.25, -0.2) is 0 Å². The molecule has 1 N–H and O–H groups in total. The van der Waals surface area contributed by atoms with Gasteiger partial charge >= 0.3 is 0 Å². The van der Waals surface area contributed by atoms with Crippen LogP contribution in [0.2, 0.25) is 0 Å². The van der Waals surface area contributed by atoms with Crippen LogP contribution in [-0.2, 0) is 14.2 Å². The molecule has 0 spiro atoms. The summed E-state index contributed by atoms with van der Waals surface area (Å²) in [6, 6.07) is 10.1. The summed E-state index contributed by atoms with van der Waals surface area (Å²) in [5.41, 5.74) is 1.12. The van der Waals surface area contributed by atoms with E-state index in [1.165, 1.54) is 0 Å². The number of ether oxygens (including phenoxy) is 3. The monoisotopic (exact) mass is 253 g/mol. The fourth-order valence-electron chi connectivity index (χ4n) is 1.43. The van der Waals surface area contributed by atoms with Crippen LogP contribution in [0.1, 0.15) is 6.92 Å². The van der Waals surface area contributed by atoms with Crippen LogP contribution in [0.4, 0.5) is 5.69 Å². The Morgan fingerprint density at radius 1 is 1.06 bits per heavy atom. The average Bonchev–Trinajstić information content (AvgIpc) is 2.41. The molecule has 1 aromatic carbocycles. The Kier molecular flexibility index (Phi) is 8.21. The minimum Gasteiger partial charge on any atom is -0.382 e. The minimum absolute atomic E-state index is 0.163. The number of para-hydroxylation sites is 1. The van der Waals surface area contributed by atoms with E-state index in [0.29, 0.717) is 26.4 Å². The van der Waals surface area contributed by atoms with Gasteiger partial charge in [-0.3, -0.25) is 0 Å². The molecule has 0 fully saturated rings. The van der Waals surface area contributed by atoms with Crippen molar-refractivity contribution in [1.82, 2.24) is 0 Å². The van der Waals surface area contributed by atoms with Gasteiger partial charge in [0.2, 0.25) is 0 Å². The Morgan fingerprint density at radius 3 is 2.50 bits per heavy atom. The van der Waals surface area contributed by atoms with Crippen LogP contribution in [0.3, 0.4) is 0 Å².